The average molecular weight is 271 g/mol. The minimum Gasteiger partial charge on any atom is -0.371 e. The third-order valence-corrected chi connectivity index (χ3v) is 4.82. The summed E-state index contributed by atoms with van der Waals surface area (Å²) in [5, 5.41) is 1.27. The number of H-pyrrole nitrogens is 1. The van der Waals surface area contributed by atoms with E-state index in [0.717, 1.165) is 18.0 Å². The van der Waals surface area contributed by atoms with Crippen LogP contribution < -0.4 is 4.90 Å². The van der Waals surface area contributed by atoms with E-state index in [1.165, 1.54) is 42.3 Å². The maximum Gasteiger partial charge on any atom is 0.139 e. The van der Waals surface area contributed by atoms with Crippen LogP contribution in [0.2, 0.25) is 0 Å². The molecule has 0 spiro atoms. The van der Waals surface area contributed by atoms with E-state index in [0.29, 0.717) is 6.04 Å². The van der Waals surface area contributed by atoms with Gasteiger partial charge in [-0.15, -0.1) is 0 Å². The molecule has 1 saturated carbocycles. The van der Waals surface area contributed by atoms with Crippen LogP contribution in [0.1, 0.15) is 45.1 Å². The summed E-state index contributed by atoms with van der Waals surface area (Å²) in [7, 11) is 2.27. The molecular weight excluding hydrogens is 246 g/mol. The summed E-state index contributed by atoms with van der Waals surface area (Å²) in [6.45, 7) is 4.61. The van der Waals surface area contributed by atoms with Crippen LogP contribution in [-0.4, -0.2) is 23.1 Å². The molecule has 1 fully saturated rings. The zero-order valence-electron chi connectivity index (χ0n) is 12.8. The van der Waals surface area contributed by atoms with Gasteiger partial charge in [0.2, 0.25) is 0 Å². The number of rotatable bonds is 3. The molecule has 0 bridgehead atoms. The van der Waals surface area contributed by atoms with E-state index < -0.39 is 0 Å². The molecule has 0 unspecified atom stereocenters. The van der Waals surface area contributed by atoms with E-state index in [1.807, 2.05) is 12.4 Å². The fourth-order valence-corrected chi connectivity index (χ4v) is 3.65. The molecule has 20 heavy (non-hydrogen) atoms. The lowest BCUT2D eigenvalue weighted by molar-refractivity contribution is 0.336. The number of aromatic amines is 1. The molecule has 2 aromatic rings. The van der Waals surface area contributed by atoms with E-state index >= 15 is 0 Å². The summed E-state index contributed by atoms with van der Waals surface area (Å²) >= 11 is 0. The first-order valence-corrected chi connectivity index (χ1v) is 7.88. The molecule has 1 N–H and O–H groups in total. The van der Waals surface area contributed by atoms with Gasteiger partial charge in [-0.2, -0.15) is 0 Å². The molecule has 2 atom stereocenters. The van der Waals surface area contributed by atoms with Crippen LogP contribution >= 0.6 is 0 Å². The van der Waals surface area contributed by atoms with E-state index in [2.05, 4.69) is 41.8 Å². The van der Waals surface area contributed by atoms with Gasteiger partial charge in [0.25, 0.3) is 0 Å². The molecule has 2 aromatic heterocycles. The number of hydrogen-bond donors (Lipinski definition) is 1. The highest BCUT2D eigenvalue weighted by Crippen LogP contribution is 2.35. The quantitative estimate of drug-likeness (QED) is 0.909. The Kier molecular flexibility index (Phi) is 3.68. The summed E-state index contributed by atoms with van der Waals surface area (Å²) in [6, 6.07) is 2.84. The summed E-state index contributed by atoms with van der Waals surface area (Å²) in [6.07, 6.45) is 10.5. The maximum atomic E-state index is 4.53. The Bertz CT molecular complexity index is 587. The zero-order valence-corrected chi connectivity index (χ0v) is 12.8. The number of aromatic nitrogens is 2. The highest BCUT2D eigenvalue weighted by atomic mass is 15.1. The molecule has 108 valence electrons. The lowest BCUT2D eigenvalue weighted by atomic mass is 9.86. The fraction of sp³-hybridized carbons (Fsp3) is 0.588. The molecule has 0 amide bonds. The summed E-state index contributed by atoms with van der Waals surface area (Å²) in [5.41, 5.74) is 3.75. The van der Waals surface area contributed by atoms with Gasteiger partial charge in [-0.25, -0.2) is 4.98 Å². The normalized spacial score (nSPS) is 23.1. The SMILES string of the molecule is CCc1cnc2[nH]ccc2c1N(C)[C@H]1CCC[C@@H](C)C1. The number of anilines is 1. The number of nitrogens with zero attached hydrogens (tertiary/aromatic N) is 2. The smallest absolute Gasteiger partial charge is 0.139 e. The highest BCUT2D eigenvalue weighted by molar-refractivity contribution is 5.91. The Morgan fingerprint density at radius 2 is 2.25 bits per heavy atom. The van der Waals surface area contributed by atoms with Crippen LogP contribution in [0.25, 0.3) is 11.0 Å². The van der Waals surface area contributed by atoms with Crippen molar-refractivity contribution in [1.82, 2.24) is 9.97 Å². The first-order valence-electron chi connectivity index (χ1n) is 7.88. The van der Waals surface area contributed by atoms with Crippen LogP contribution in [-0.2, 0) is 6.42 Å². The van der Waals surface area contributed by atoms with Gasteiger partial charge in [0.05, 0.1) is 5.69 Å². The summed E-state index contributed by atoms with van der Waals surface area (Å²) in [4.78, 5) is 10.3. The van der Waals surface area contributed by atoms with Crippen LogP contribution in [0.4, 0.5) is 5.69 Å². The largest absolute Gasteiger partial charge is 0.371 e. The zero-order chi connectivity index (χ0) is 14.1. The average Bonchev–Trinajstić information content (AvgIpc) is 2.93. The molecule has 2 heterocycles. The number of hydrogen-bond acceptors (Lipinski definition) is 2. The predicted molar refractivity (Wildman–Crippen MR) is 85.3 cm³/mol. The van der Waals surface area contributed by atoms with Gasteiger partial charge in [-0.05, 0) is 36.8 Å². The van der Waals surface area contributed by atoms with Crippen molar-refractivity contribution in [2.75, 3.05) is 11.9 Å². The van der Waals surface area contributed by atoms with E-state index in [-0.39, 0.29) is 0 Å². The van der Waals surface area contributed by atoms with Gasteiger partial charge in [-0.3, -0.25) is 0 Å². The van der Waals surface area contributed by atoms with Crippen molar-refractivity contribution in [2.24, 2.45) is 5.92 Å². The monoisotopic (exact) mass is 271 g/mol. The molecule has 0 aromatic carbocycles. The molecular formula is C17H25N3. The first-order chi connectivity index (χ1) is 9.70. The maximum absolute atomic E-state index is 4.53. The van der Waals surface area contributed by atoms with Crippen LogP contribution in [0.5, 0.6) is 0 Å². The Hall–Kier alpha value is -1.51. The van der Waals surface area contributed by atoms with Crippen molar-refractivity contribution in [3.05, 3.63) is 24.0 Å². The van der Waals surface area contributed by atoms with Crippen molar-refractivity contribution < 1.29 is 0 Å². The van der Waals surface area contributed by atoms with Gasteiger partial charge in [0.1, 0.15) is 5.65 Å². The molecule has 1 aliphatic carbocycles. The van der Waals surface area contributed by atoms with Gasteiger partial charge in [-0.1, -0.05) is 26.7 Å². The van der Waals surface area contributed by atoms with Crippen molar-refractivity contribution in [2.45, 2.75) is 52.0 Å². The van der Waals surface area contributed by atoms with Gasteiger partial charge in [0.15, 0.2) is 0 Å². The number of fused-ring (bicyclic) bond motifs is 1. The summed E-state index contributed by atoms with van der Waals surface area (Å²) in [5.74, 6) is 0.852. The fourth-order valence-electron chi connectivity index (χ4n) is 3.65. The third kappa shape index (κ3) is 2.30. The second kappa shape index (κ2) is 5.47. The molecule has 0 saturated heterocycles. The molecule has 3 nitrogen and oxygen atoms in total. The second-order valence-corrected chi connectivity index (χ2v) is 6.26. The lowest BCUT2D eigenvalue weighted by Crippen LogP contribution is -2.36. The third-order valence-electron chi connectivity index (χ3n) is 4.82. The first kappa shape index (κ1) is 13.5. The van der Waals surface area contributed by atoms with E-state index in [1.54, 1.807) is 0 Å². The Morgan fingerprint density at radius 3 is 3.00 bits per heavy atom. The van der Waals surface area contributed by atoms with Crippen molar-refractivity contribution in [3.63, 3.8) is 0 Å². The van der Waals surface area contributed by atoms with E-state index in [9.17, 15) is 0 Å². The van der Waals surface area contributed by atoms with Gasteiger partial charge >= 0.3 is 0 Å². The Balaban J connectivity index is 2.00. The van der Waals surface area contributed by atoms with Crippen LogP contribution in [0.3, 0.4) is 0 Å². The van der Waals surface area contributed by atoms with Crippen LogP contribution in [0.15, 0.2) is 18.5 Å². The summed E-state index contributed by atoms with van der Waals surface area (Å²) < 4.78 is 0. The lowest BCUT2D eigenvalue weighted by Gasteiger charge is -2.36. The second-order valence-electron chi connectivity index (χ2n) is 6.26. The highest BCUT2D eigenvalue weighted by Gasteiger charge is 2.25. The van der Waals surface area contributed by atoms with Crippen molar-refractivity contribution >= 4 is 16.7 Å². The minimum atomic E-state index is 0.671. The molecule has 3 heteroatoms. The molecule has 1 aliphatic rings. The number of nitrogens with one attached hydrogen (secondary N) is 1. The van der Waals surface area contributed by atoms with Gasteiger partial charge in [0, 0.05) is 30.9 Å². The standard InChI is InChI=1S/C17H25N3/c1-4-13-11-19-17-15(8-9-18-17)16(13)20(3)14-7-5-6-12(2)10-14/h8-9,11-12,14H,4-7,10H2,1-3H3,(H,18,19)/t12-,14+/m1/s1. The number of pyridine rings is 1. The number of aryl methyl sites for hydroxylation is 1. The molecule has 0 aliphatic heterocycles. The van der Waals surface area contributed by atoms with Crippen LogP contribution in [0, 0.1) is 5.92 Å². The van der Waals surface area contributed by atoms with Crippen molar-refractivity contribution in [3.8, 4) is 0 Å². The predicted octanol–water partition coefficient (Wildman–Crippen LogP) is 4.14. The topological polar surface area (TPSA) is 31.9 Å². The van der Waals surface area contributed by atoms with Gasteiger partial charge < -0.3 is 9.88 Å². The minimum absolute atomic E-state index is 0.671. The Morgan fingerprint density at radius 1 is 1.40 bits per heavy atom. The molecule has 0 radical (unpaired) electrons. The van der Waals surface area contributed by atoms with E-state index in [4.69, 9.17) is 0 Å². The van der Waals surface area contributed by atoms with Crippen molar-refractivity contribution in [1.29, 1.82) is 0 Å². The Labute approximate surface area is 121 Å². The molecule has 3 rings (SSSR count).